The van der Waals surface area contributed by atoms with Gasteiger partial charge in [0.25, 0.3) is 0 Å². The van der Waals surface area contributed by atoms with Gasteiger partial charge in [0.1, 0.15) is 5.82 Å². The maximum Gasteiger partial charge on any atom is 0.338 e. The van der Waals surface area contributed by atoms with E-state index in [0.717, 1.165) is 21.4 Å². The van der Waals surface area contributed by atoms with E-state index in [4.69, 9.17) is 19.9 Å². The summed E-state index contributed by atoms with van der Waals surface area (Å²) >= 11 is 3.55. The lowest BCUT2D eigenvalue weighted by Gasteiger charge is -2.29. The summed E-state index contributed by atoms with van der Waals surface area (Å²) in [7, 11) is 0. The molecule has 176 valence electrons. The SMILES string of the molecule is [2H]C([2H])([2H])n1ccc(-c2ccc(-c3cnn4c(N)c(Br)c([C@H]5CC[C@@H](C(F)C(=O)O)CC5)nc34)cn2)c1. The number of alkyl halides is 1. The van der Waals surface area contributed by atoms with E-state index in [1.807, 2.05) is 6.07 Å². The van der Waals surface area contributed by atoms with Crippen molar-refractivity contribution in [1.82, 2.24) is 24.1 Å². The highest BCUT2D eigenvalue weighted by Gasteiger charge is 2.34. The van der Waals surface area contributed by atoms with Crippen molar-refractivity contribution in [2.45, 2.75) is 37.8 Å². The molecule has 5 rings (SSSR count). The Bertz CT molecular complexity index is 1460. The Morgan fingerprint density at radius 3 is 2.71 bits per heavy atom. The van der Waals surface area contributed by atoms with E-state index in [1.165, 1.54) is 12.4 Å². The molecule has 0 aromatic carbocycles. The van der Waals surface area contributed by atoms with Gasteiger partial charge in [0.2, 0.25) is 0 Å². The van der Waals surface area contributed by atoms with Crippen LogP contribution in [0.4, 0.5) is 10.2 Å². The average molecular weight is 530 g/mol. The molecule has 0 bridgehead atoms. The first-order chi connectivity index (χ1) is 17.5. The van der Waals surface area contributed by atoms with Crippen LogP contribution in [0.2, 0.25) is 0 Å². The lowest BCUT2D eigenvalue weighted by molar-refractivity contribution is -0.145. The molecule has 4 heterocycles. The van der Waals surface area contributed by atoms with Crippen LogP contribution in [0.5, 0.6) is 0 Å². The molecule has 1 aliphatic carbocycles. The zero-order chi connectivity index (χ0) is 26.5. The zero-order valence-electron chi connectivity index (χ0n) is 21.0. The topological polar surface area (TPSA) is 111 Å². The molecule has 0 saturated heterocycles. The molecule has 0 amide bonds. The van der Waals surface area contributed by atoms with E-state index in [0.29, 0.717) is 52.9 Å². The normalized spacial score (nSPS) is 21.1. The van der Waals surface area contributed by atoms with Gasteiger partial charge in [0.05, 0.1) is 22.1 Å². The average Bonchev–Trinajstić information content (AvgIpc) is 3.54. The molecule has 1 fully saturated rings. The summed E-state index contributed by atoms with van der Waals surface area (Å²) in [5.41, 5.74) is 10.5. The van der Waals surface area contributed by atoms with Gasteiger partial charge >= 0.3 is 5.97 Å². The van der Waals surface area contributed by atoms with Crippen molar-refractivity contribution in [2.75, 3.05) is 5.73 Å². The third kappa shape index (κ3) is 3.96. The summed E-state index contributed by atoms with van der Waals surface area (Å²) in [5, 5.41) is 13.4. The Hall–Kier alpha value is -3.27. The van der Waals surface area contributed by atoms with Gasteiger partial charge in [0.15, 0.2) is 11.8 Å². The minimum absolute atomic E-state index is 0.00410. The smallest absolute Gasteiger partial charge is 0.338 e. The number of nitrogens with two attached hydrogens (primary N) is 1. The first-order valence-electron chi connectivity index (χ1n) is 12.4. The van der Waals surface area contributed by atoms with Gasteiger partial charge in [-0.3, -0.25) is 4.98 Å². The highest BCUT2D eigenvalue weighted by atomic mass is 79.9. The molecule has 0 radical (unpaired) electrons. The second-order valence-electron chi connectivity index (χ2n) is 8.58. The molecule has 34 heavy (non-hydrogen) atoms. The molecule has 1 aliphatic rings. The second kappa shape index (κ2) is 8.83. The molecule has 3 N–H and O–H groups in total. The Morgan fingerprint density at radius 1 is 1.26 bits per heavy atom. The zero-order valence-corrected chi connectivity index (χ0v) is 19.6. The van der Waals surface area contributed by atoms with Crippen molar-refractivity contribution in [3.63, 3.8) is 0 Å². The largest absolute Gasteiger partial charge is 0.479 e. The Balaban J connectivity index is 1.44. The number of anilines is 1. The third-order valence-electron chi connectivity index (χ3n) is 6.52. The van der Waals surface area contributed by atoms with Gasteiger partial charge in [-0.2, -0.15) is 9.61 Å². The van der Waals surface area contributed by atoms with Crippen LogP contribution in [0.15, 0.2) is 47.5 Å². The Labute approximate surface area is 208 Å². The minimum Gasteiger partial charge on any atom is -0.479 e. The van der Waals surface area contributed by atoms with E-state index in [9.17, 15) is 9.18 Å². The van der Waals surface area contributed by atoms with Crippen molar-refractivity contribution in [2.24, 2.45) is 12.9 Å². The maximum atomic E-state index is 14.0. The lowest BCUT2D eigenvalue weighted by atomic mass is 9.78. The number of fused-ring (bicyclic) bond motifs is 1. The molecule has 1 atom stereocenters. The van der Waals surface area contributed by atoms with Crippen molar-refractivity contribution < 1.29 is 18.4 Å². The number of hydrogen-bond acceptors (Lipinski definition) is 5. The maximum absolute atomic E-state index is 14.0. The standard InChI is InChI=1S/C24H24BrFN6O2/c1-31-9-8-16(12-31)18-7-6-15(10-28-18)17-11-29-32-22(27)19(25)21(30-23(17)32)14-4-2-13(3-5-14)20(26)24(33)34/h6-14,20H,2-5,27H2,1H3,(H,33,34)/t13-,14+,20?/i1D3. The number of pyridine rings is 1. The fourth-order valence-electron chi connectivity index (χ4n) is 4.65. The number of nitrogens with zero attached hydrogens (tertiary/aromatic N) is 5. The van der Waals surface area contributed by atoms with Crippen molar-refractivity contribution in [1.29, 1.82) is 0 Å². The number of nitrogen functional groups attached to an aromatic ring is 1. The molecule has 1 saturated carbocycles. The van der Waals surface area contributed by atoms with Gasteiger partial charge in [-0.25, -0.2) is 14.2 Å². The molecule has 4 aromatic heterocycles. The quantitative estimate of drug-likeness (QED) is 0.382. The number of carboxylic acid groups (broad SMARTS) is 1. The predicted octanol–water partition coefficient (Wildman–Crippen LogP) is 4.84. The molecule has 8 nitrogen and oxygen atoms in total. The van der Waals surface area contributed by atoms with Crippen LogP contribution >= 0.6 is 15.9 Å². The van der Waals surface area contributed by atoms with Crippen molar-refractivity contribution in [3.05, 3.63) is 53.2 Å². The highest BCUT2D eigenvalue weighted by Crippen LogP contribution is 2.41. The number of aryl methyl sites for hydroxylation is 1. The van der Waals surface area contributed by atoms with E-state index in [-0.39, 0.29) is 5.92 Å². The first kappa shape index (κ1) is 19.1. The summed E-state index contributed by atoms with van der Waals surface area (Å²) in [5.74, 6) is -1.52. The van der Waals surface area contributed by atoms with Crippen molar-refractivity contribution in [3.8, 4) is 22.4 Å². The van der Waals surface area contributed by atoms with E-state index >= 15 is 0 Å². The molecule has 10 heteroatoms. The summed E-state index contributed by atoms with van der Waals surface area (Å²) in [6, 6.07) is 5.37. The van der Waals surface area contributed by atoms with Crippen LogP contribution < -0.4 is 5.73 Å². The van der Waals surface area contributed by atoms with Crippen LogP contribution in [0.1, 0.15) is 41.4 Å². The van der Waals surface area contributed by atoms with Crippen LogP contribution in [0, 0.1) is 5.92 Å². The molecular weight excluding hydrogens is 503 g/mol. The van der Waals surface area contributed by atoms with E-state index in [1.54, 1.807) is 29.0 Å². The number of halogens is 2. The molecule has 4 aromatic rings. The summed E-state index contributed by atoms with van der Waals surface area (Å²) < 4.78 is 39.9. The highest BCUT2D eigenvalue weighted by molar-refractivity contribution is 9.10. The van der Waals surface area contributed by atoms with E-state index < -0.39 is 25.0 Å². The Morgan fingerprint density at radius 2 is 2.06 bits per heavy atom. The third-order valence-corrected chi connectivity index (χ3v) is 7.33. The number of hydrogen-bond donors (Lipinski definition) is 2. The summed E-state index contributed by atoms with van der Waals surface area (Å²) in [6.07, 6.45) is 6.64. The van der Waals surface area contributed by atoms with Crippen LogP contribution in [0.3, 0.4) is 0 Å². The van der Waals surface area contributed by atoms with Gasteiger partial charge < -0.3 is 15.4 Å². The Kier molecular flexibility index (Phi) is 4.95. The monoisotopic (exact) mass is 529 g/mol. The van der Waals surface area contributed by atoms with Crippen molar-refractivity contribution >= 4 is 33.4 Å². The molecule has 0 spiro atoms. The summed E-state index contributed by atoms with van der Waals surface area (Å²) in [6.45, 7) is -2.25. The number of carbonyl (C=O) groups is 1. The van der Waals surface area contributed by atoms with Crippen LogP contribution in [-0.4, -0.2) is 41.4 Å². The van der Waals surface area contributed by atoms with Gasteiger partial charge in [-0.15, -0.1) is 0 Å². The fourth-order valence-corrected chi connectivity index (χ4v) is 5.23. The number of carboxylic acids is 1. The van der Waals surface area contributed by atoms with Gasteiger partial charge in [-0.1, -0.05) is 6.07 Å². The van der Waals surface area contributed by atoms with Crippen LogP contribution in [0.25, 0.3) is 28.0 Å². The molecule has 1 unspecified atom stereocenters. The van der Waals surface area contributed by atoms with Crippen LogP contribution in [-0.2, 0) is 11.8 Å². The fraction of sp³-hybridized carbons (Fsp3) is 0.333. The summed E-state index contributed by atoms with van der Waals surface area (Å²) in [4.78, 5) is 20.4. The number of aliphatic carboxylic acids is 1. The second-order valence-corrected chi connectivity index (χ2v) is 9.37. The van der Waals surface area contributed by atoms with E-state index in [2.05, 4.69) is 26.0 Å². The lowest BCUT2D eigenvalue weighted by Crippen LogP contribution is -2.28. The molecule has 0 aliphatic heterocycles. The number of rotatable bonds is 5. The van der Waals surface area contributed by atoms with Gasteiger partial charge in [0, 0.05) is 58.2 Å². The minimum atomic E-state index is -2.25. The number of aromatic nitrogens is 5. The first-order valence-corrected chi connectivity index (χ1v) is 11.7. The predicted molar refractivity (Wildman–Crippen MR) is 130 cm³/mol. The van der Waals surface area contributed by atoms with Gasteiger partial charge in [-0.05, 0) is 53.7 Å². The molecular formula is C24H24BrFN6O2.